The molecule has 164 valence electrons. The third kappa shape index (κ3) is 4.74. The summed E-state index contributed by atoms with van der Waals surface area (Å²) in [5.74, 6) is 1.61. The van der Waals surface area contributed by atoms with Crippen LogP contribution in [0.2, 0.25) is 0 Å². The lowest BCUT2D eigenvalue weighted by Crippen LogP contribution is -2.15. The molecule has 0 amide bonds. The Hall–Kier alpha value is -2.46. The van der Waals surface area contributed by atoms with E-state index in [1.165, 1.54) is 13.8 Å². The number of nitrogens with zero attached hydrogens (tertiary/aromatic N) is 5. The lowest BCUT2D eigenvalue weighted by molar-refractivity contribution is 0.268. The van der Waals surface area contributed by atoms with Gasteiger partial charge in [0.2, 0.25) is 0 Å². The fraction of sp³-hybridized carbons (Fsp3) is 0.500. The summed E-state index contributed by atoms with van der Waals surface area (Å²) in [4.78, 5) is 15.0. The first kappa shape index (κ1) is 23.2. The normalized spacial score (nSPS) is 15.5. The molecule has 5 nitrogen and oxygen atoms in total. The first-order chi connectivity index (χ1) is 14.5. The van der Waals surface area contributed by atoms with Crippen LogP contribution >= 0.6 is 11.8 Å². The number of imidazole rings is 1. The van der Waals surface area contributed by atoms with E-state index >= 15 is 0 Å². The maximum atomic E-state index is 14.8. The summed E-state index contributed by atoms with van der Waals surface area (Å²) in [7, 11) is 1.94. The summed E-state index contributed by atoms with van der Waals surface area (Å²) in [6, 6.07) is 4.54. The van der Waals surface area contributed by atoms with Crippen molar-refractivity contribution in [2.75, 3.05) is 5.75 Å². The highest BCUT2D eigenvalue weighted by atomic mass is 32.2. The number of allylic oxidation sites excluding steroid dienone is 1. The molecule has 0 radical (unpaired) electrons. The number of hydrogen-bond donors (Lipinski definition) is 0. The van der Waals surface area contributed by atoms with Crippen molar-refractivity contribution in [3.63, 3.8) is 0 Å². The Morgan fingerprint density at radius 2 is 2.10 bits per heavy atom. The smallest absolute Gasteiger partial charge is 0.160 e. The second-order valence-electron chi connectivity index (χ2n) is 8.72. The van der Waals surface area contributed by atoms with Crippen LogP contribution in [-0.2, 0) is 12.5 Å². The molecule has 31 heavy (non-hydrogen) atoms. The Bertz CT molecular complexity index is 1090. The predicted molar refractivity (Wildman–Crippen MR) is 126 cm³/mol. The average Bonchev–Trinajstić information content (AvgIpc) is 3.45. The summed E-state index contributed by atoms with van der Waals surface area (Å²) in [6.07, 6.45) is 5.31. The maximum absolute atomic E-state index is 14.8. The highest BCUT2D eigenvalue weighted by Crippen LogP contribution is 2.48. The van der Waals surface area contributed by atoms with Gasteiger partial charge in [-0.15, -0.1) is 11.8 Å². The van der Waals surface area contributed by atoms with E-state index in [2.05, 4.69) is 24.1 Å². The molecule has 7 heteroatoms. The maximum Gasteiger partial charge on any atom is 0.160 e. The second kappa shape index (κ2) is 8.58. The molecule has 1 saturated carbocycles. The Balaban J connectivity index is 2.12. The van der Waals surface area contributed by atoms with E-state index < -0.39 is 5.67 Å². The third-order valence-electron chi connectivity index (χ3n) is 5.53. The van der Waals surface area contributed by atoms with E-state index in [-0.39, 0.29) is 5.41 Å². The molecule has 0 atom stereocenters. The van der Waals surface area contributed by atoms with Crippen LogP contribution in [0.3, 0.4) is 0 Å². The van der Waals surface area contributed by atoms with Crippen LogP contribution in [0.1, 0.15) is 64.4 Å². The SMILES string of the molecule is CCSc1cc(C2(C#N)CC2)cnc1-c1nc(/C=C(\N=C(C)C)C(C)(C)F)c(C)n1C. The van der Waals surface area contributed by atoms with E-state index in [1.807, 2.05) is 38.6 Å². The Morgan fingerprint density at radius 1 is 1.42 bits per heavy atom. The Labute approximate surface area is 188 Å². The van der Waals surface area contributed by atoms with Crippen molar-refractivity contribution in [3.05, 3.63) is 34.9 Å². The first-order valence-corrected chi connectivity index (χ1v) is 11.5. The molecule has 1 aliphatic carbocycles. The third-order valence-corrected chi connectivity index (χ3v) is 6.44. The van der Waals surface area contributed by atoms with Gasteiger partial charge in [-0.1, -0.05) is 6.92 Å². The van der Waals surface area contributed by atoms with Gasteiger partial charge in [0.25, 0.3) is 0 Å². The van der Waals surface area contributed by atoms with Crippen molar-refractivity contribution in [2.45, 2.75) is 70.4 Å². The van der Waals surface area contributed by atoms with Crippen LogP contribution in [0, 0.1) is 18.3 Å². The molecular weight excluding hydrogens is 409 g/mol. The molecule has 1 fully saturated rings. The van der Waals surface area contributed by atoms with Gasteiger partial charge in [-0.05, 0) is 70.9 Å². The molecule has 2 heterocycles. The van der Waals surface area contributed by atoms with E-state index in [1.54, 1.807) is 17.8 Å². The molecule has 0 aliphatic heterocycles. The van der Waals surface area contributed by atoms with Crippen molar-refractivity contribution >= 4 is 23.5 Å². The number of halogens is 1. The number of rotatable bonds is 7. The van der Waals surface area contributed by atoms with Crippen molar-refractivity contribution in [3.8, 4) is 17.6 Å². The largest absolute Gasteiger partial charge is 0.329 e. The molecule has 1 aliphatic rings. The fourth-order valence-electron chi connectivity index (χ4n) is 3.39. The zero-order valence-electron chi connectivity index (χ0n) is 19.4. The highest BCUT2D eigenvalue weighted by Gasteiger charge is 2.45. The molecule has 2 aromatic heterocycles. The molecular formula is C24H30FN5S. The number of nitriles is 1. The van der Waals surface area contributed by atoms with E-state index in [4.69, 9.17) is 9.97 Å². The minimum Gasteiger partial charge on any atom is -0.329 e. The van der Waals surface area contributed by atoms with Gasteiger partial charge in [-0.3, -0.25) is 9.98 Å². The van der Waals surface area contributed by atoms with E-state index in [0.717, 1.165) is 52.0 Å². The van der Waals surface area contributed by atoms with Crippen LogP contribution in [0.5, 0.6) is 0 Å². The lowest BCUT2D eigenvalue weighted by Gasteiger charge is -2.15. The van der Waals surface area contributed by atoms with Crippen molar-refractivity contribution in [2.24, 2.45) is 12.0 Å². The topological polar surface area (TPSA) is 66.9 Å². The van der Waals surface area contributed by atoms with Crippen molar-refractivity contribution < 1.29 is 4.39 Å². The minimum absolute atomic E-state index is 0.344. The first-order valence-electron chi connectivity index (χ1n) is 10.5. The Morgan fingerprint density at radius 3 is 2.61 bits per heavy atom. The molecule has 2 aromatic rings. The molecule has 3 rings (SSSR count). The standard InChI is InChI=1S/C24H30FN5S/c1-8-31-19-11-17(24(14-26)9-10-24)13-27-21(19)22-29-18(16(4)30(22)7)12-20(23(5,6)25)28-15(2)3/h11-13H,8-10H2,1-7H3/b20-12-. The van der Waals surface area contributed by atoms with Crippen LogP contribution in [-0.4, -0.2) is 31.7 Å². The number of alkyl halides is 1. The van der Waals surface area contributed by atoms with E-state index in [0.29, 0.717) is 11.4 Å². The number of thioether (sulfide) groups is 1. The summed E-state index contributed by atoms with van der Waals surface area (Å²) < 4.78 is 16.8. The monoisotopic (exact) mass is 439 g/mol. The number of hydrogen-bond acceptors (Lipinski definition) is 5. The molecule has 0 bridgehead atoms. The quantitative estimate of drug-likeness (QED) is 0.390. The van der Waals surface area contributed by atoms with Gasteiger partial charge in [-0.2, -0.15) is 5.26 Å². The lowest BCUT2D eigenvalue weighted by atomic mass is 9.99. The molecule has 0 unspecified atom stereocenters. The van der Waals surface area contributed by atoms with Gasteiger partial charge < -0.3 is 4.57 Å². The molecule has 0 spiro atoms. The molecule has 0 aromatic carbocycles. The molecule has 0 saturated heterocycles. The van der Waals surface area contributed by atoms with Gasteiger partial charge in [0.1, 0.15) is 11.4 Å². The number of aromatic nitrogens is 3. The summed E-state index contributed by atoms with van der Waals surface area (Å²) in [5, 5.41) is 9.56. The number of pyridine rings is 1. The van der Waals surface area contributed by atoms with Crippen molar-refractivity contribution in [1.29, 1.82) is 5.26 Å². The Kier molecular flexibility index (Phi) is 6.43. The van der Waals surface area contributed by atoms with Crippen LogP contribution in [0.25, 0.3) is 17.6 Å². The van der Waals surface area contributed by atoms with Gasteiger partial charge in [0, 0.05) is 29.5 Å². The zero-order valence-corrected chi connectivity index (χ0v) is 20.2. The van der Waals surface area contributed by atoms with Crippen LogP contribution in [0.4, 0.5) is 4.39 Å². The van der Waals surface area contributed by atoms with Crippen molar-refractivity contribution in [1.82, 2.24) is 14.5 Å². The summed E-state index contributed by atoms with van der Waals surface area (Å²) in [6.45, 7) is 10.8. The second-order valence-corrected chi connectivity index (χ2v) is 10.0. The molecule has 0 N–H and O–H groups in total. The van der Waals surface area contributed by atoms with Gasteiger partial charge >= 0.3 is 0 Å². The zero-order chi connectivity index (χ0) is 23.0. The number of aliphatic imine (C=N–C) groups is 1. The van der Waals surface area contributed by atoms with E-state index in [9.17, 15) is 9.65 Å². The fourth-order valence-corrected chi connectivity index (χ4v) is 4.19. The summed E-state index contributed by atoms with van der Waals surface area (Å²) in [5.41, 5.74) is 2.53. The van der Waals surface area contributed by atoms with Gasteiger partial charge in [-0.25, -0.2) is 9.37 Å². The average molecular weight is 440 g/mol. The highest BCUT2D eigenvalue weighted by molar-refractivity contribution is 7.99. The van der Waals surface area contributed by atoms with Gasteiger partial charge in [0.15, 0.2) is 5.82 Å². The predicted octanol–water partition coefficient (Wildman–Crippen LogP) is 6.03. The summed E-state index contributed by atoms with van der Waals surface area (Å²) >= 11 is 1.69. The van der Waals surface area contributed by atoms with Gasteiger partial charge in [0.05, 0.1) is 22.9 Å². The van der Waals surface area contributed by atoms with Crippen LogP contribution < -0.4 is 0 Å². The minimum atomic E-state index is -1.58. The van der Waals surface area contributed by atoms with Crippen LogP contribution in [0.15, 0.2) is 27.8 Å².